The Balaban J connectivity index is 0.000000119. The molecule has 0 spiro atoms. The van der Waals surface area contributed by atoms with E-state index in [4.69, 9.17) is 51.7 Å². The molecule has 5 N–H and O–H groups in total. The number of methoxy groups -OCH3 is 1. The monoisotopic (exact) mass is 1810 g/mol. The van der Waals surface area contributed by atoms with Crippen LogP contribution < -0.4 is 52.2 Å². The van der Waals surface area contributed by atoms with E-state index >= 15 is 0 Å². The number of hydrogen-bond donors (Lipinski definition) is 4. The van der Waals surface area contributed by atoms with E-state index in [1.54, 1.807) is 158 Å². The van der Waals surface area contributed by atoms with Crippen LogP contribution in [0.25, 0.3) is 96.7 Å². The maximum Gasteiger partial charge on any atom is 0.586 e. The van der Waals surface area contributed by atoms with Crippen LogP contribution in [0, 0.1) is 5.82 Å². The Morgan fingerprint density at radius 1 is 0.469 bits per heavy atom. The Hall–Kier alpha value is -18.1. The largest absolute Gasteiger partial charge is 0.586 e. The number of phenols is 1. The molecule has 0 bridgehead atoms. The summed E-state index contributed by atoms with van der Waals surface area (Å²) in [6.45, 7) is 0.891. The molecule has 16 heterocycles. The zero-order valence-electron chi connectivity index (χ0n) is 65.0. The summed E-state index contributed by atoms with van der Waals surface area (Å²) in [5, 5.41) is 54.5. The van der Waals surface area contributed by atoms with E-state index in [9.17, 15) is 65.0 Å². The summed E-state index contributed by atoms with van der Waals surface area (Å²) in [5.74, 6) is -1.75. The van der Waals surface area contributed by atoms with Crippen LogP contribution in [0.4, 0.5) is 37.7 Å². The Morgan fingerprint density at radius 3 is 1.26 bits per heavy atom. The van der Waals surface area contributed by atoms with Gasteiger partial charge in [-0.1, -0.05) is 23.2 Å². The summed E-state index contributed by atoms with van der Waals surface area (Å²) in [4.78, 5) is 120. The third kappa shape index (κ3) is 19.2. The quantitative estimate of drug-likeness (QED) is 0.0446. The molecule has 0 atom stereocenters. The number of carbonyl (C=O) groups is 4. The van der Waals surface area contributed by atoms with E-state index in [1.807, 2.05) is 0 Å². The number of amides is 3. The van der Waals surface area contributed by atoms with Crippen LogP contribution in [-0.2, 0) is 10.9 Å². The van der Waals surface area contributed by atoms with Crippen LogP contribution in [0.1, 0.15) is 47.4 Å². The number of primary amides is 1. The molecule has 18 aromatic rings. The average molecular weight is 1820 g/mol. The number of halogens is 8. The lowest BCUT2D eigenvalue weighted by Crippen LogP contribution is -2.25. The summed E-state index contributed by atoms with van der Waals surface area (Å²) in [7, 11) is 1.12. The molecular formula is C79H47Cl2F6N27O16. The minimum Gasteiger partial charge on any atom is -0.505 e. The predicted molar refractivity (Wildman–Crippen MR) is 434 cm³/mol. The van der Waals surface area contributed by atoms with E-state index in [1.165, 1.54) is 49.1 Å². The van der Waals surface area contributed by atoms with E-state index in [2.05, 4.69) is 121 Å². The lowest BCUT2D eigenvalue weighted by Gasteiger charge is -2.18. The van der Waals surface area contributed by atoms with E-state index < -0.39 is 75.8 Å². The molecule has 0 fully saturated rings. The first-order valence-corrected chi connectivity index (χ1v) is 37.4. The van der Waals surface area contributed by atoms with Crippen molar-refractivity contribution in [1.29, 1.82) is 0 Å². The van der Waals surface area contributed by atoms with Crippen molar-refractivity contribution in [1.82, 2.24) is 119 Å². The third-order valence-electron chi connectivity index (χ3n) is 17.7. The van der Waals surface area contributed by atoms with Gasteiger partial charge >= 0.3 is 35.3 Å². The minimum absolute atomic E-state index is 0.0261. The Labute approximate surface area is 726 Å². The number of carbonyl (C=O) groups excluding carboxylic acids is 4. The molecule has 3 amide bonds. The van der Waals surface area contributed by atoms with Crippen molar-refractivity contribution in [3.63, 3.8) is 0 Å². The van der Waals surface area contributed by atoms with Gasteiger partial charge in [0.15, 0.2) is 80.6 Å². The summed E-state index contributed by atoms with van der Waals surface area (Å²) < 4.78 is 126. The number of esters is 1. The van der Waals surface area contributed by atoms with Crippen molar-refractivity contribution in [3.8, 4) is 92.6 Å². The van der Waals surface area contributed by atoms with Crippen LogP contribution in [-0.4, -0.2) is 174 Å². The number of ether oxygens (including phenoxy) is 5. The zero-order chi connectivity index (χ0) is 91.1. The predicted octanol–water partition coefficient (Wildman–Crippen LogP) is 9.86. The Bertz CT molecular complexity index is 7470. The number of hydrogen-bond acceptors (Lipinski definition) is 35. The van der Waals surface area contributed by atoms with Gasteiger partial charge in [0, 0.05) is 92.3 Å². The fourth-order valence-corrected chi connectivity index (χ4v) is 11.9. The number of aromatic hydroxyl groups is 1. The number of phenolic OH excluding ortho intramolecular Hbond substituents is 1. The highest BCUT2D eigenvalue weighted by atomic mass is 35.5. The molecule has 650 valence electrons. The second kappa shape index (κ2) is 36.4. The van der Waals surface area contributed by atoms with Crippen LogP contribution in [0.5, 0.6) is 28.7 Å². The van der Waals surface area contributed by atoms with Crippen molar-refractivity contribution in [3.05, 3.63) is 290 Å². The number of alkyl halides is 5. The molecular weight excluding hydrogens is 1770 g/mol. The Morgan fingerprint density at radius 2 is 0.862 bits per heavy atom. The SMILES string of the molecule is COC(=O)c1cc(O)c(F)cc1NC(=O)c1ccc(-n2ccnc2)nn1.NC(=O)c1cc(Cl)c(Cl)cc1NC(=O)c1ccc(-n2ccnc2)nn1.O=c1oc(-c2ccc(-n3ccnc3)nn2)nc2cc3c(cc12)OC(F)(F)O3.O=c1oc(-c2ccc(-n3ccnc3)nn2)nc2cc3c(cc12)OCCO3.O=c1oc(-c2ccc(-n3ccnc3)nn2)nc2ccc(C(F)(F)F)nc12. The van der Waals surface area contributed by atoms with Gasteiger partial charge in [0.25, 0.3) is 35.4 Å². The molecule has 0 unspecified atom stereocenters. The van der Waals surface area contributed by atoms with Gasteiger partial charge in [0.05, 0.1) is 61.5 Å². The van der Waals surface area contributed by atoms with Crippen LogP contribution >= 0.6 is 23.2 Å². The lowest BCUT2D eigenvalue weighted by atomic mass is 10.1. The number of pyridine rings is 1. The number of nitrogens with zero attached hydrogens (tertiary/aromatic N) is 24. The molecule has 0 saturated heterocycles. The number of imidazole rings is 5. The maximum atomic E-state index is 13.6. The highest BCUT2D eigenvalue weighted by Crippen LogP contribution is 2.43. The second-order valence-electron chi connectivity index (χ2n) is 26.1. The number of nitrogens with two attached hydrogens (primary N) is 1. The van der Waals surface area contributed by atoms with Gasteiger partial charge in [0.1, 0.15) is 73.1 Å². The Kier molecular flexibility index (Phi) is 23.9. The number of nitrogens with one attached hydrogen (secondary N) is 2. The molecule has 2 aliphatic heterocycles. The molecule has 0 radical (unpaired) electrons. The van der Waals surface area contributed by atoms with Gasteiger partial charge in [-0.25, -0.2) is 68.4 Å². The van der Waals surface area contributed by atoms with E-state index in [0.29, 0.717) is 70.4 Å². The van der Waals surface area contributed by atoms with Crippen molar-refractivity contribution in [2.75, 3.05) is 31.0 Å². The number of rotatable bonds is 14. The highest BCUT2D eigenvalue weighted by molar-refractivity contribution is 6.42. The molecule has 130 heavy (non-hydrogen) atoms. The van der Waals surface area contributed by atoms with Gasteiger partial charge in [-0.2, -0.15) is 13.2 Å². The minimum atomic E-state index is -4.67. The zero-order valence-corrected chi connectivity index (χ0v) is 66.5. The average Bonchev–Trinajstić information content (AvgIpc) is 1.69. The third-order valence-corrected chi connectivity index (χ3v) is 18.5. The highest BCUT2D eigenvalue weighted by Gasteiger charge is 2.44. The maximum absolute atomic E-state index is 13.6. The normalized spacial score (nSPS) is 12.1. The molecule has 2 aliphatic rings. The van der Waals surface area contributed by atoms with Gasteiger partial charge in [-0.05, 0) is 91.0 Å². The topological polar surface area (TPSA) is 545 Å². The summed E-state index contributed by atoms with van der Waals surface area (Å²) in [6.07, 6.45) is 15.7. The molecule has 51 heteroatoms. The van der Waals surface area contributed by atoms with Gasteiger partial charge in [-0.15, -0.1) is 59.8 Å². The molecule has 20 rings (SSSR count). The first kappa shape index (κ1) is 85.5. The van der Waals surface area contributed by atoms with Crippen LogP contribution in [0.2, 0.25) is 10.0 Å². The number of anilines is 2. The number of aromatic nitrogens is 24. The summed E-state index contributed by atoms with van der Waals surface area (Å²) >= 11 is 11.8. The number of fused-ring (bicyclic) bond motifs is 5. The second-order valence-corrected chi connectivity index (χ2v) is 27.0. The van der Waals surface area contributed by atoms with E-state index in [0.717, 1.165) is 37.4 Å². The van der Waals surface area contributed by atoms with Gasteiger partial charge in [0.2, 0.25) is 0 Å². The molecule has 0 saturated carbocycles. The van der Waals surface area contributed by atoms with Crippen LogP contribution in [0.15, 0.2) is 243 Å². The van der Waals surface area contributed by atoms with Crippen LogP contribution in [0.3, 0.4) is 0 Å². The first-order valence-electron chi connectivity index (χ1n) is 36.6. The number of benzene rings is 4. The molecule has 0 aliphatic carbocycles. The first-order chi connectivity index (χ1) is 62.6. The van der Waals surface area contributed by atoms with E-state index in [-0.39, 0.29) is 101 Å². The molecule has 14 aromatic heterocycles. The fourth-order valence-electron chi connectivity index (χ4n) is 11.6. The fraction of sp³-hybridized carbons (Fsp3) is 0.0633. The summed E-state index contributed by atoms with van der Waals surface area (Å²) in [6, 6.07) is 27.4. The van der Waals surface area contributed by atoms with Gasteiger partial charge in [-0.3, -0.25) is 37.2 Å². The standard InChI is InChI=1S/C17H11N5O4.C16H7F2N5O4.C16H12FN5O4.C15H10Cl2N6O2.C15H7F3N6O2/c23-17-10-7-13-14(25-6-5-24-13)8-12(10)19-16(26-17)11-1-2-15(21-20-11)22-4-3-18-9-22;17-16(18)26-11-5-8-10(6-12(11)27-16)20-14(25-15(8)24)9-1-2-13(22-21-9)23-4-3-19-7-23;1-26-16(25)9-6-13(23)10(17)7-12(9)19-15(24)11-2-3-14(21-20-11)22-5-4-18-8-22;16-9-5-8(14(18)24)12(6-10(9)17)20-15(25)11-1-2-13(22-21-11)23-4-3-19-7-23;16-15(17,18)10-3-1-8-12(21-10)14(25)26-13(20-8)9-2-4-11(23-22-9)24-6-5-19-7-24/h1-4,7-9H,5-6H2;1-7H;2-8,23H,1H3,(H,19,24);1-7H,(H2,18,24)(H,20,25);1-7H. The van der Waals surface area contributed by atoms with Crippen molar-refractivity contribution in [2.24, 2.45) is 5.73 Å². The molecule has 4 aromatic carbocycles. The smallest absolute Gasteiger partial charge is 0.505 e. The van der Waals surface area contributed by atoms with Crippen molar-refractivity contribution in [2.45, 2.75) is 12.5 Å². The summed E-state index contributed by atoms with van der Waals surface area (Å²) in [5.41, 5.74) is 2.21. The van der Waals surface area contributed by atoms with Crippen molar-refractivity contribution < 1.29 is 87.6 Å². The molecule has 43 nitrogen and oxygen atoms in total. The lowest BCUT2D eigenvalue weighted by molar-refractivity contribution is -0.286. The van der Waals surface area contributed by atoms with Gasteiger partial charge < -0.3 is 58.4 Å². The van der Waals surface area contributed by atoms with Crippen molar-refractivity contribution >= 4 is 91.1 Å².